The fourth-order valence-electron chi connectivity index (χ4n) is 3.92. The van der Waals surface area contributed by atoms with E-state index in [1.807, 2.05) is 12.1 Å². The van der Waals surface area contributed by atoms with Gasteiger partial charge < -0.3 is 18.9 Å². The minimum Gasteiger partial charge on any atom is -0.497 e. The summed E-state index contributed by atoms with van der Waals surface area (Å²) in [6.07, 6.45) is 1.75. The molecule has 168 valence electrons. The van der Waals surface area contributed by atoms with Gasteiger partial charge in [-0.15, -0.1) is 0 Å². The van der Waals surface area contributed by atoms with Crippen LogP contribution >= 0.6 is 0 Å². The van der Waals surface area contributed by atoms with E-state index in [0.717, 1.165) is 24.5 Å². The van der Waals surface area contributed by atoms with Gasteiger partial charge in [-0.3, -0.25) is 15.0 Å². The van der Waals surface area contributed by atoms with Crippen LogP contribution in [0.3, 0.4) is 0 Å². The van der Waals surface area contributed by atoms with Gasteiger partial charge in [-0.05, 0) is 31.5 Å². The number of halogens is 2. The molecule has 2 aromatic rings. The summed E-state index contributed by atoms with van der Waals surface area (Å²) in [7, 11) is 4.45. The number of rotatable bonds is 9. The smallest absolute Gasteiger partial charge is 0.387 e. The fraction of sp³-hybridized carbons (Fsp3) is 0.429. The maximum absolute atomic E-state index is 12.7. The minimum absolute atomic E-state index is 0.0127. The van der Waals surface area contributed by atoms with Crippen molar-refractivity contribution in [1.29, 1.82) is 0 Å². The van der Waals surface area contributed by atoms with Gasteiger partial charge in [-0.25, -0.2) is 0 Å². The Morgan fingerprint density at radius 3 is 2.45 bits per heavy atom. The molecule has 0 spiro atoms. The molecule has 1 aliphatic rings. The predicted molar refractivity (Wildman–Crippen MR) is 108 cm³/mol. The Morgan fingerprint density at radius 2 is 1.84 bits per heavy atom. The molecule has 1 fully saturated rings. The first-order valence-corrected chi connectivity index (χ1v) is 9.64. The molecule has 0 N–H and O–H groups in total. The highest BCUT2D eigenvalue weighted by Crippen LogP contribution is 2.42. The monoisotopic (exact) mass is 438 g/mol. The van der Waals surface area contributed by atoms with Gasteiger partial charge in [-0.2, -0.15) is 8.78 Å². The Kier molecular flexibility index (Phi) is 7.11. The first-order valence-electron chi connectivity index (χ1n) is 9.64. The maximum Gasteiger partial charge on any atom is 0.387 e. The number of nitrogens with zero attached hydrogens (tertiary/aromatic N) is 2. The van der Waals surface area contributed by atoms with Crippen molar-refractivity contribution in [2.24, 2.45) is 0 Å². The summed E-state index contributed by atoms with van der Waals surface area (Å²) in [5, 5.41) is 11.6. The van der Waals surface area contributed by atoms with Crippen LogP contribution in [0.1, 0.15) is 30.0 Å². The number of benzene rings is 2. The van der Waals surface area contributed by atoms with Crippen LogP contribution in [-0.2, 0) is 6.54 Å². The second kappa shape index (κ2) is 9.78. The van der Waals surface area contributed by atoms with Crippen LogP contribution in [0.5, 0.6) is 23.0 Å². The van der Waals surface area contributed by atoms with Gasteiger partial charge in [0.25, 0.3) is 5.69 Å². The Balaban J connectivity index is 1.95. The molecule has 1 atom stereocenters. The number of nitro groups is 1. The number of hydrogen-bond donors (Lipinski definition) is 0. The number of hydrogen-bond acceptors (Lipinski definition) is 7. The summed E-state index contributed by atoms with van der Waals surface area (Å²) in [5.41, 5.74) is 1.000. The lowest BCUT2D eigenvalue weighted by atomic mass is 10.0. The van der Waals surface area contributed by atoms with Crippen molar-refractivity contribution in [3.8, 4) is 23.0 Å². The molecule has 3 rings (SSSR count). The lowest BCUT2D eigenvalue weighted by Gasteiger charge is -2.26. The van der Waals surface area contributed by atoms with E-state index < -0.39 is 11.5 Å². The van der Waals surface area contributed by atoms with Crippen LogP contribution in [-0.4, -0.2) is 44.3 Å². The second-order valence-electron chi connectivity index (χ2n) is 7.00. The number of likely N-dealkylation sites (tertiary alicyclic amines) is 1. The number of nitro benzene ring substituents is 1. The SMILES string of the molecule is COc1ccc(C2CCCN2Cc2cc(OC)c(OC(F)F)cc2[N+](=O)[O-])c(OC)c1. The summed E-state index contributed by atoms with van der Waals surface area (Å²) in [6, 6.07) is 7.92. The molecule has 31 heavy (non-hydrogen) atoms. The number of methoxy groups -OCH3 is 3. The first-order chi connectivity index (χ1) is 14.9. The van der Waals surface area contributed by atoms with Gasteiger partial charge in [0.2, 0.25) is 0 Å². The van der Waals surface area contributed by atoms with Gasteiger partial charge in [0.05, 0.1) is 32.3 Å². The van der Waals surface area contributed by atoms with Crippen LogP contribution in [0.15, 0.2) is 30.3 Å². The van der Waals surface area contributed by atoms with Crippen molar-refractivity contribution in [3.63, 3.8) is 0 Å². The maximum atomic E-state index is 12.7. The van der Waals surface area contributed by atoms with Gasteiger partial charge in [0.15, 0.2) is 11.5 Å². The van der Waals surface area contributed by atoms with Crippen LogP contribution in [0, 0.1) is 10.1 Å². The van der Waals surface area contributed by atoms with E-state index in [1.54, 1.807) is 20.3 Å². The third-order valence-electron chi connectivity index (χ3n) is 5.31. The molecule has 0 saturated carbocycles. The third kappa shape index (κ3) is 4.96. The van der Waals surface area contributed by atoms with Gasteiger partial charge in [0.1, 0.15) is 11.5 Å². The molecule has 0 aliphatic carbocycles. The van der Waals surface area contributed by atoms with Crippen molar-refractivity contribution >= 4 is 5.69 Å². The highest BCUT2D eigenvalue weighted by molar-refractivity contribution is 5.54. The average Bonchev–Trinajstić information content (AvgIpc) is 3.21. The highest BCUT2D eigenvalue weighted by atomic mass is 19.3. The molecule has 2 aromatic carbocycles. The van der Waals surface area contributed by atoms with E-state index in [4.69, 9.17) is 14.2 Å². The summed E-state index contributed by atoms with van der Waals surface area (Å²) in [6.45, 7) is -2.17. The molecule has 1 saturated heterocycles. The molecular weight excluding hydrogens is 414 g/mol. The zero-order valence-corrected chi connectivity index (χ0v) is 17.5. The third-order valence-corrected chi connectivity index (χ3v) is 5.31. The molecule has 1 heterocycles. The predicted octanol–water partition coefficient (Wildman–Crippen LogP) is 4.56. The molecule has 10 heteroatoms. The fourth-order valence-corrected chi connectivity index (χ4v) is 3.92. The lowest BCUT2D eigenvalue weighted by Crippen LogP contribution is -2.23. The van der Waals surface area contributed by atoms with Crippen molar-refractivity contribution in [1.82, 2.24) is 4.90 Å². The minimum atomic E-state index is -3.12. The largest absolute Gasteiger partial charge is 0.497 e. The molecule has 0 radical (unpaired) electrons. The van der Waals surface area contributed by atoms with Gasteiger partial charge in [0, 0.05) is 29.8 Å². The van der Waals surface area contributed by atoms with Gasteiger partial charge in [-0.1, -0.05) is 6.07 Å². The molecule has 1 unspecified atom stereocenters. The normalized spacial score (nSPS) is 16.4. The van der Waals surface area contributed by atoms with E-state index in [1.165, 1.54) is 13.2 Å². The molecular formula is C21H24F2N2O6. The van der Waals surface area contributed by atoms with Crippen molar-refractivity contribution < 1.29 is 32.7 Å². The molecule has 8 nitrogen and oxygen atoms in total. The Morgan fingerprint density at radius 1 is 1.10 bits per heavy atom. The van der Waals surface area contributed by atoms with E-state index in [9.17, 15) is 18.9 Å². The Labute approximate surface area is 178 Å². The van der Waals surface area contributed by atoms with Crippen molar-refractivity contribution in [3.05, 3.63) is 51.6 Å². The first kappa shape index (κ1) is 22.5. The summed E-state index contributed by atoms with van der Waals surface area (Å²) in [5.74, 6) is 0.977. The van der Waals surface area contributed by atoms with E-state index in [-0.39, 0.29) is 29.8 Å². The van der Waals surface area contributed by atoms with Crippen LogP contribution in [0.4, 0.5) is 14.5 Å². The number of ether oxygens (including phenoxy) is 4. The molecule has 0 amide bonds. The zero-order chi connectivity index (χ0) is 22.5. The number of alkyl halides is 2. The quantitative estimate of drug-likeness (QED) is 0.419. The Bertz CT molecular complexity index is 940. The van der Waals surface area contributed by atoms with Crippen LogP contribution in [0.2, 0.25) is 0 Å². The summed E-state index contributed by atoms with van der Waals surface area (Å²) in [4.78, 5) is 13.1. The average molecular weight is 438 g/mol. The van der Waals surface area contributed by atoms with Crippen molar-refractivity contribution in [2.45, 2.75) is 32.0 Å². The van der Waals surface area contributed by atoms with E-state index in [2.05, 4.69) is 9.64 Å². The van der Waals surface area contributed by atoms with Gasteiger partial charge >= 0.3 is 6.61 Å². The van der Waals surface area contributed by atoms with E-state index in [0.29, 0.717) is 23.6 Å². The van der Waals surface area contributed by atoms with Crippen molar-refractivity contribution in [2.75, 3.05) is 27.9 Å². The van der Waals surface area contributed by atoms with Crippen LogP contribution < -0.4 is 18.9 Å². The van der Waals surface area contributed by atoms with Crippen LogP contribution in [0.25, 0.3) is 0 Å². The second-order valence-corrected chi connectivity index (χ2v) is 7.00. The lowest BCUT2D eigenvalue weighted by molar-refractivity contribution is -0.385. The zero-order valence-electron chi connectivity index (χ0n) is 17.5. The molecule has 0 aromatic heterocycles. The Hall–Kier alpha value is -3.14. The summed E-state index contributed by atoms with van der Waals surface area (Å²) >= 11 is 0. The topological polar surface area (TPSA) is 83.3 Å². The standard InChI is InChI=1S/C21H24F2N2O6/c1-28-14-6-7-15(18(10-14)29-2)16-5-4-8-24(16)12-13-9-19(30-3)20(31-21(22)23)11-17(13)25(26)27/h6-7,9-11,16,21H,4-5,8,12H2,1-3H3. The molecule has 1 aliphatic heterocycles. The van der Waals surface area contributed by atoms with E-state index >= 15 is 0 Å². The highest BCUT2D eigenvalue weighted by Gasteiger charge is 2.31. The summed E-state index contributed by atoms with van der Waals surface area (Å²) < 4.78 is 45.7. The molecule has 0 bridgehead atoms.